The van der Waals surface area contributed by atoms with E-state index in [0.29, 0.717) is 5.56 Å². The summed E-state index contributed by atoms with van der Waals surface area (Å²) < 4.78 is 25.0. The summed E-state index contributed by atoms with van der Waals surface area (Å²) in [4.78, 5) is 13.2. The van der Waals surface area contributed by atoms with Gasteiger partial charge in [-0.3, -0.25) is 4.79 Å². The normalized spacial score (nSPS) is 12.1. The Balaban J connectivity index is 2.18. The predicted molar refractivity (Wildman–Crippen MR) is 85.0 cm³/mol. The molecule has 0 N–H and O–H groups in total. The summed E-state index contributed by atoms with van der Waals surface area (Å²) in [5.41, 5.74) is 0.459. The lowest BCUT2D eigenvalue weighted by molar-refractivity contribution is 0.104. The van der Waals surface area contributed by atoms with E-state index in [1.807, 2.05) is 17.5 Å². The Bertz CT molecular complexity index is 743. The molecule has 2 aromatic rings. The van der Waals surface area contributed by atoms with Gasteiger partial charge in [-0.2, -0.15) is 0 Å². The summed E-state index contributed by atoms with van der Waals surface area (Å²) in [7, 11) is -0.521. The van der Waals surface area contributed by atoms with E-state index in [1.165, 1.54) is 44.4 Å². The maximum absolute atomic E-state index is 12.0. The molecular weight excluding hydrogens is 306 g/mol. The van der Waals surface area contributed by atoms with E-state index in [2.05, 4.69) is 0 Å². The highest BCUT2D eigenvalue weighted by Gasteiger charge is 2.17. The molecule has 0 unspecified atom stereocenters. The van der Waals surface area contributed by atoms with E-state index < -0.39 is 10.0 Å². The Morgan fingerprint density at radius 3 is 2.33 bits per heavy atom. The number of carbonyl (C=O) groups is 1. The fourth-order valence-corrected chi connectivity index (χ4v) is 3.16. The number of rotatable bonds is 5. The van der Waals surface area contributed by atoms with Crippen LogP contribution in [0.15, 0.2) is 52.7 Å². The van der Waals surface area contributed by atoms with Gasteiger partial charge in [0, 0.05) is 24.5 Å². The third-order valence-corrected chi connectivity index (χ3v) is 5.53. The molecule has 0 radical (unpaired) electrons. The van der Waals surface area contributed by atoms with E-state index >= 15 is 0 Å². The summed E-state index contributed by atoms with van der Waals surface area (Å²) >= 11 is 1.55. The maximum atomic E-state index is 12.0. The van der Waals surface area contributed by atoms with Crippen molar-refractivity contribution in [2.45, 2.75) is 4.90 Å². The number of allylic oxidation sites excluding steroid dienone is 1. The third kappa shape index (κ3) is 3.66. The van der Waals surface area contributed by atoms with Crippen LogP contribution in [0.3, 0.4) is 0 Å². The van der Waals surface area contributed by atoms with Crippen molar-refractivity contribution in [2.24, 2.45) is 0 Å². The minimum atomic E-state index is -3.46. The molecule has 21 heavy (non-hydrogen) atoms. The molecule has 1 aromatic carbocycles. The SMILES string of the molecule is CN(C)S(=O)(=O)c1ccc(C(=O)C=Cc2cccs2)cc1. The number of hydrogen-bond acceptors (Lipinski definition) is 4. The van der Waals surface area contributed by atoms with Gasteiger partial charge in [-0.15, -0.1) is 11.3 Å². The lowest BCUT2D eigenvalue weighted by atomic mass is 10.1. The second-order valence-corrected chi connectivity index (χ2v) is 7.66. The van der Waals surface area contributed by atoms with E-state index in [4.69, 9.17) is 0 Å². The zero-order valence-corrected chi connectivity index (χ0v) is 13.3. The quantitative estimate of drug-likeness (QED) is 0.628. The van der Waals surface area contributed by atoms with Crippen LogP contribution in [0.25, 0.3) is 6.08 Å². The van der Waals surface area contributed by atoms with Crippen LogP contribution in [0.2, 0.25) is 0 Å². The number of sulfonamides is 1. The molecule has 0 saturated carbocycles. The first kappa shape index (κ1) is 15.6. The van der Waals surface area contributed by atoms with Crippen molar-refractivity contribution in [3.63, 3.8) is 0 Å². The minimum absolute atomic E-state index is 0.155. The van der Waals surface area contributed by atoms with Gasteiger partial charge >= 0.3 is 0 Å². The first-order chi connectivity index (χ1) is 9.91. The molecule has 0 aliphatic heterocycles. The molecule has 4 nitrogen and oxygen atoms in total. The highest BCUT2D eigenvalue weighted by Crippen LogP contribution is 2.15. The van der Waals surface area contributed by atoms with Gasteiger partial charge in [-0.05, 0) is 47.9 Å². The lowest BCUT2D eigenvalue weighted by Crippen LogP contribution is -2.22. The molecular formula is C15H15NO3S2. The summed E-state index contributed by atoms with van der Waals surface area (Å²) in [6.07, 6.45) is 3.23. The second kappa shape index (κ2) is 6.34. The van der Waals surface area contributed by atoms with Crippen molar-refractivity contribution in [1.29, 1.82) is 0 Å². The van der Waals surface area contributed by atoms with Crippen molar-refractivity contribution in [3.8, 4) is 0 Å². The molecule has 0 saturated heterocycles. The zero-order valence-electron chi connectivity index (χ0n) is 11.7. The number of benzene rings is 1. The predicted octanol–water partition coefficient (Wildman–Crippen LogP) is 2.89. The van der Waals surface area contributed by atoms with Gasteiger partial charge in [0.1, 0.15) is 0 Å². The fraction of sp³-hybridized carbons (Fsp3) is 0.133. The van der Waals surface area contributed by atoms with Gasteiger partial charge < -0.3 is 0 Å². The highest BCUT2D eigenvalue weighted by atomic mass is 32.2. The molecule has 0 bridgehead atoms. The van der Waals surface area contributed by atoms with Crippen LogP contribution in [0, 0.1) is 0 Å². The lowest BCUT2D eigenvalue weighted by Gasteiger charge is -2.11. The van der Waals surface area contributed by atoms with Crippen LogP contribution in [0.4, 0.5) is 0 Å². The van der Waals surface area contributed by atoms with Crippen LogP contribution < -0.4 is 0 Å². The Morgan fingerprint density at radius 1 is 1.14 bits per heavy atom. The van der Waals surface area contributed by atoms with Crippen molar-refractivity contribution in [2.75, 3.05) is 14.1 Å². The van der Waals surface area contributed by atoms with E-state index in [-0.39, 0.29) is 10.7 Å². The largest absolute Gasteiger partial charge is 0.289 e. The fourth-order valence-electron chi connectivity index (χ4n) is 1.64. The van der Waals surface area contributed by atoms with Gasteiger partial charge in [-0.1, -0.05) is 6.07 Å². The summed E-state index contributed by atoms with van der Waals surface area (Å²) in [5.74, 6) is -0.155. The van der Waals surface area contributed by atoms with Gasteiger partial charge in [0.25, 0.3) is 0 Å². The molecule has 0 aliphatic rings. The summed E-state index contributed by atoms with van der Waals surface area (Å²) in [6.45, 7) is 0. The van der Waals surface area contributed by atoms with Gasteiger partial charge in [0.15, 0.2) is 5.78 Å². The first-order valence-electron chi connectivity index (χ1n) is 6.20. The molecule has 1 heterocycles. The topological polar surface area (TPSA) is 54.5 Å². The summed E-state index contributed by atoms with van der Waals surface area (Å²) in [6, 6.07) is 9.77. The van der Waals surface area contributed by atoms with Crippen molar-refractivity contribution < 1.29 is 13.2 Å². The average Bonchev–Trinajstić information content (AvgIpc) is 2.98. The van der Waals surface area contributed by atoms with Gasteiger partial charge in [0.05, 0.1) is 4.90 Å². The zero-order chi connectivity index (χ0) is 15.5. The van der Waals surface area contributed by atoms with Crippen LogP contribution in [-0.2, 0) is 10.0 Å². The highest BCUT2D eigenvalue weighted by molar-refractivity contribution is 7.89. The number of carbonyl (C=O) groups excluding carboxylic acids is 1. The number of ketones is 1. The molecule has 0 amide bonds. The number of hydrogen-bond donors (Lipinski definition) is 0. The van der Waals surface area contributed by atoms with Crippen LogP contribution >= 0.6 is 11.3 Å². The first-order valence-corrected chi connectivity index (χ1v) is 8.52. The van der Waals surface area contributed by atoms with Crippen LogP contribution in [-0.4, -0.2) is 32.6 Å². The molecule has 0 fully saturated rings. The third-order valence-electron chi connectivity index (χ3n) is 2.86. The second-order valence-electron chi connectivity index (χ2n) is 4.52. The Morgan fingerprint density at radius 2 is 1.81 bits per heavy atom. The Hall–Kier alpha value is -1.76. The molecule has 2 rings (SSSR count). The molecule has 6 heteroatoms. The molecule has 0 spiro atoms. The van der Waals surface area contributed by atoms with Crippen molar-refractivity contribution in [3.05, 3.63) is 58.3 Å². The Labute approximate surface area is 128 Å². The molecule has 0 atom stereocenters. The van der Waals surface area contributed by atoms with Crippen LogP contribution in [0.1, 0.15) is 15.2 Å². The molecule has 110 valence electrons. The molecule has 1 aromatic heterocycles. The smallest absolute Gasteiger partial charge is 0.242 e. The monoisotopic (exact) mass is 321 g/mol. The van der Waals surface area contributed by atoms with E-state index in [0.717, 1.165) is 9.18 Å². The average molecular weight is 321 g/mol. The Kier molecular flexibility index (Phi) is 4.72. The van der Waals surface area contributed by atoms with Gasteiger partial charge in [0.2, 0.25) is 10.0 Å². The summed E-state index contributed by atoms with van der Waals surface area (Å²) in [5, 5.41) is 1.94. The van der Waals surface area contributed by atoms with Crippen LogP contribution in [0.5, 0.6) is 0 Å². The number of thiophene rings is 1. The number of nitrogens with zero attached hydrogens (tertiary/aromatic N) is 1. The molecule has 0 aliphatic carbocycles. The van der Waals surface area contributed by atoms with Crippen molar-refractivity contribution >= 4 is 33.2 Å². The standard InChI is InChI=1S/C15H15NO3S2/c1-16(2)21(18,19)14-8-5-12(6-9-14)15(17)10-7-13-4-3-11-20-13/h3-11H,1-2H3. The van der Waals surface area contributed by atoms with Gasteiger partial charge in [-0.25, -0.2) is 12.7 Å². The van der Waals surface area contributed by atoms with Crippen molar-refractivity contribution in [1.82, 2.24) is 4.31 Å². The maximum Gasteiger partial charge on any atom is 0.242 e. The van der Waals surface area contributed by atoms with E-state index in [1.54, 1.807) is 17.4 Å². The minimum Gasteiger partial charge on any atom is -0.289 e. The van der Waals surface area contributed by atoms with E-state index in [9.17, 15) is 13.2 Å².